The number of carbonyl (C=O) groups is 1. The summed E-state index contributed by atoms with van der Waals surface area (Å²) in [5.74, 6) is -0.142. The van der Waals surface area contributed by atoms with Crippen molar-refractivity contribution in [2.24, 2.45) is 0 Å². The van der Waals surface area contributed by atoms with Crippen LogP contribution >= 0.6 is 11.6 Å². The summed E-state index contributed by atoms with van der Waals surface area (Å²) in [6.07, 6.45) is 1.52. The van der Waals surface area contributed by atoms with Crippen LogP contribution in [0.5, 0.6) is 0 Å². The van der Waals surface area contributed by atoms with E-state index in [0.717, 1.165) is 12.8 Å². The van der Waals surface area contributed by atoms with E-state index in [0.29, 0.717) is 18.1 Å². The molecule has 110 valence electrons. The van der Waals surface area contributed by atoms with Crippen molar-refractivity contribution in [3.8, 4) is 0 Å². The fraction of sp³-hybridized carbons (Fsp3) is 0.462. The Morgan fingerprint density at radius 3 is 2.85 bits per heavy atom. The molecule has 0 radical (unpaired) electrons. The molecule has 1 aliphatic rings. The summed E-state index contributed by atoms with van der Waals surface area (Å²) < 4.78 is 26.5. The first-order valence-corrected chi connectivity index (χ1v) is 8.24. The van der Waals surface area contributed by atoms with Crippen molar-refractivity contribution in [3.05, 3.63) is 29.3 Å². The molecule has 1 unspecified atom stereocenters. The zero-order chi connectivity index (χ0) is 14.8. The molecule has 0 aromatic heterocycles. The highest BCUT2D eigenvalue weighted by molar-refractivity contribution is 7.89. The first-order valence-electron chi connectivity index (χ1n) is 6.42. The van der Waals surface area contributed by atoms with E-state index >= 15 is 0 Å². The third-order valence-corrected chi connectivity index (χ3v) is 5.32. The maximum absolute atomic E-state index is 12.5. The van der Waals surface area contributed by atoms with Crippen LogP contribution in [0.15, 0.2) is 29.2 Å². The van der Waals surface area contributed by atoms with Gasteiger partial charge in [-0.1, -0.05) is 17.7 Å². The molecule has 1 atom stereocenters. The van der Waals surface area contributed by atoms with Gasteiger partial charge in [-0.2, -0.15) is 4.31 Å². The Morgan fingerprint density at radius 2 is 2.20 bits per heavy atom. The third-order valence-electron chi connectivity index (χ3n) is 3.23. The molecular formula is C13H17ClN2O3S. The number of rotatable bonds is 3. The molecule has 7 heteroatoms. The Hall–Kier alpha value is -1.11. The van der Waals surface area contributed by atoms with Crippen LogP contribution in [0.2, 0.25) is 5.02 Å². The average Bonchev–Trinajstić information content (AvgIpc) is 2.38. The number of nitrogens with one attached hydrogen (secondary N) is 1. The Kier molecular flexibility index (Phi) is 4.67. The molecule has 1 aromatic carbocycles. The molecule has 0 bridgehead atoms. The van der Waals surface area contributed by atoms with E-state index in [1.54, 1.807) is 12.1 Å². The van der Waals surface area contributed by atoms with Crippen LogP contribution in [0.4, 0.5) is 0 Å². The van der Waals surface area contributed by atoms with E-state index in [9.17, 15) is 13.2 Å². The Balaban J connectivity index is 2.19. The molecule has 1 saturated heterocycles. The number of nitrogens with zero attached hydrogens (tertiary/aromatic N) is 1. The third kappa shape index (κ3) is 3.50. The van der Waals surface area contributed by atoms with Crippen molar-refractivity contribution in [2.75, 3.05) is 13.1 Å². The SMILES string of the molecule is CC(=O)NC1CCCN(S(=O)(=O)c2cccc(Cl)c2)C1. The topological polar surface area (TPSA) is 66.5 Å². The zero-order valence-corrected chi connectivity index (χ0v) is 12.7. The summed E-state index contributed by atoms with van der Waals surface area (Å²) in [4.78, 5) is 11.3. The minimum absolute atomic E-state index is 0.129. The fourth-order valence-electron chi connectivity index (χ4n) is 2.34. The molecular weight excluding hydrogens is 300 g/mol. The number of piperidine rings is 1. The Labute approximate surface area is 124 Å². The van der Waals surface area contributed by atoms with Crippen LogP contribution in [0.1, 0.15) is 19.8 Å². The van der Waals surface area contributed by atoms with Gasteiger partial charge in [0.2, 0.25) is 15.9 Å². The molecule has 0 aliphatic carbocycles. The van der Waals surface area contributed by atoms with Gasteiger partial charge in [0, 0.05) is 31.1 Å². The molecule has 0 spiro atoms. The van der Waals surface area contributed by atoms with Crippen molar-refractivity contribution >= 4 is 27.5 Å². The van der Waals surface area contributed by atoms with E-state index in [-0.39, 0.29) is 16.8 Å². The number of benzene rings is 1. The predicted molar refractivity (Wildman–Crippen MR) is 77.0 cm³/mol. The summed E-state index contributed by atoms with van der Waals surface area (Å²) in [5.41, 5.74) is 0. The van der Waals surface area contributed by atoms with E-state index in [4.69, 9.17) is 11.6 Å². The monoisotopic (exact) mass is 316 g/mol. The second-order valence-corrected chi connectivity index (χ2v) is 7.23. The quantitative estimate of drug-likeness (QED) is 0.921. The number of carbonyl (C=O) groups excluding carboxylic acids is 1. The van der Waals surface area contributed by atoms with Crippen LogP contribution in [-0.4, -0.2) is 37.8 Å². The maximum Gasteiger partial charge on any atom is 0.243 e. The van der Waals surface area contributed by atoms with Crippen molar-refractivity contribution in [2.45, 2.75) is 30.7 Å². The number of hydrogen-bond acceptors (Lipinski definition) is 3. The van der Waals surface area contributed by atoms with Crippen LogP contribution in [-0.2, 0) is 14.8 Å². The lowest BCUT2D eigenvalue weighted by Crippen LogP contribution is -2.49. The van der Waals surface area contributed by atoms with Gasteiger partial charge in [0.15, 0.2) is 0 Å². The van der Waals surface area contributed by atoms with Crippen molar-refractivity contribution in [3.63, 3.8) is 0 Å². The van der Waals surface area contributed by atoms with Gasteiger partial charge < -0.3 is 5.32 Å². The van der Waals surface area contributed by atoms with E-state index in [1.807, 2.05) is 0 Å². The molecule has 1 aliphatic heterocycles. The first-order chi connectivity index (χ1) is 9.39. The molecule has 1 fully saturated rings. The number of amides is 1. The van der Waals surface area contributed by atoms with Gasteiger partial charge in [-0.05, 0) is 31.0 Å². The number of sulfonamides is 1. The summed E-state index contributed by atoms with van der Waals surface area (Å²) in [5, 5.41) is 3.17. The molecule has 1 heterocycles. The van der Waals surface area contributed by atoms with Crippen LogP contribution in [0.3, 0.4) is 0 Å². The second kappa shape index (κ2) is 6.11. The van der Waals surface area contributed by atoms with E-state index in [2.05, 4.69) is 5.32 Å². The van der Waals surface area contributed by atoms with Crippen molar-refractivity contribution in [1.29, 1.82) is 0 Å². The standard InChI is InChI=1S/C13H17ClN2O3S/c1-10(17)15-12-5-3-7-16(9-12)20(18,19)13-6-2-4-11(14)8-13/h2,4,6,8,12H,3,5,7,9H2,1H3,(H,15,17). The fourth-order valence-corrected chi connectivity index (χ4v) is 4.17. The maximum atomic E-state index is 12.5. The lowest BCUT2D eigenvalue weighted by molar-refractivity contribution is -0.119. The number of halogens is 1. The van der Waals surface area contributed by atoms with Gasteiger partial charge in [-0.15, -0.1) is 0 Å². The Bertz CT molecular complexity index is 603. The predicted octanol–water partition coefficient (Wildman–Crippen LogP) is 1.63. The molecule has 1 aromatic rings. The highest BCUT2D eigenvalue weighted by Gasteiger charge is 2.30. The molecule has 20 heavy (non-hydrogen) atoms. The van der Waals surface area contributed by atoms with Crippen molar-refractivity contribution < 1.29 is 13.2 Å². The Morgan fingerprint density at radius 1 is 1.45 bits per heavy atom. The molecule has 1 N–H and O–H groups in total. The summed E-state index contributed by atoms with van der Waals surface area (Å²) in [6, 6.07) is 6.10. The van der Waals surface area contributed by atoms with Gasteiger partial charge in [-0.3, -0.25) is 4.79 Å². The highest BCUT2D eigenvalue weighted by Crippen LogP contribution is 2.22. The lowest BCUT2D eigenvalue weighted by Gasteiger charge is -2.32. The highest BCUT2D eigenvalue weighted by atomic mass is 35.5. The molecule has 0 saturated carbocycles. The molecule has 2 rings (SSSR count). The normalized spacial score (nSPS) is 20.6. The smallest absolute Gasteiger partial charge is 0.243 e. The van der Waals surface area contributed by atoms with Gasteiger partial charge >= 0.3 is 0 Å². The molecule has 1 amide bonds. The van der Waals surface area contributed by atoms with E-state index < -0.39 is 10.0 Å². The van der Waals surface area contributed by atoms with Crippen LogP contribution < -0.4 is 5.32 Å². The minimum atomic E-state index is -3.56. The van der Waals surface area contributed by atoms with Crippen molar-refractivity contribution in [1.82, 2.24) is 9.62 Å². The van der Waals surface area contributed by atoms with Gasteiger partial charge in [0.1, 0.15) is 0 Å². The minimum Gasteiger partial charge on any atom is -0.352 e. The number of hydrogen-bond donors (Lipinski definition) is 1. The summed E-state index contributed by atoms with van der Waals surface area (Å²) in [7, 11) is -3.56. The van der Waals surface area contributed by atoms with Crippen LogP contribution in [0, 0.1) is 0 Å². The average molecular weight is 317 g/mol. The largest absolute Gasteiger partial charge is 0.352 e. The summed E-state index contributed by atoms with van der Waals surface area (Å²) >= 11 is 5.85. The van der Waals surface area contributed by atoms with Crippen LogP contribution in [0.25, 0.3) is 0 Å². The lowest BCUT2D eigenvalue weighted by atomic mass is 10.1. The van der Waals surface area contributed by atoms with Gasteiger partial charge in [0.05, 0.1) is 4.90 Å². The zero-order valence-electron chi connectivity index (χ0n) is 11.2. The molecule has 5 nitrogen and oxygen atoms in total. The van der Waals surface area contributed by atoms with Gasteiger partial charge in [-0.25, -0.2) is 8.42 Å². The summed E-state index contributed by atoms with van der Waals surface area (Å²) in [6.45, 7) is 2.20. The van der Waals surface area contributed by atoms with Gasteiger partial charge in [0.25, 0.3) is 0 Å². The second-order valence-electron chi connectivity index (χ2n) is 4.86. The first kappa shape index (κ1) is 15.3. The van der Waals surface area contributed by atoms with E-state index in [1.165, 1.54) is 23.4 Å².